The molecule has 1 heterocycles. The van der Waals surface area contributed by atoms with Gasteiger partial charge in [-0.05, 0) is 110 Å². The number of hydrogen-bond acceptors (Lipinski definition) is 17. The Morgan fingerprint density at radius 2 is 1.21 bits per heavy atom. The monoisotopic (exact) mass is 1400 g/mol. The third-order valence-corrected chi connectivity index (χ3v) is 20.8. The van der Waals surface area contributed by atoms with Crippen LogP contribution in [0.25, 0.3) is 11.1 Å². The van der Waals surface area contributed by atoms with E-state index in [0.29, 0.717) is 25.7 Å². The van der Waals surface area contributed by atoms with Crippen molar-refractivity contribution in [1.82, 2.24) is 31.9 Å². The number of alkyl halides is 1. The van der Waals surface area contributed by atoms with E-state index in [4.69, 9.17) is 16.2 Å². The van der Waals surface area contributed by atoms with Gasteiger partial charge in [0.25, 0.3) is 0 Å². The van der Waals surface area contributed by atoms with Gasteiger partial charge < -0.3 is 58.3 Å². The summed E-state index contributed by atoms with van der Waals surface area (Å²) in [6.45, 7) is 16.2. The van der Waals surface area contributed by atoms with Crippen LogP contribution in [-0.2, 0) is 68.7 Å². The SMILES string of the molecule is CC[C@H](C)[C@H](NC(=O)[C@H](N)Cc1ccc(-c2ccc(Sc3ccccc3)cc2)cc1)C(=O)C[C@@H](CO)C(=O)N[C@H](CCC(N)=O)C(=O)C[C@@H](C(=O)N[C@H](C(=O)C[C@@H](CO)C(=O)N[C@H]1C(=O)C[C@@H](C)C(=O)NC2(CC2CC(C)F)C(=O)N[C@@H]([C@@H](C)CC)C(=O)O[C@H]1C)[C@@H](C)CC)[C@@H](C)CC. The highest BCUT2D eigenvalue weighted by molar-refractivity contribution is 7.99. The fourth-order valence-corrected chi connectivity index (χ4v) is 13.1. The van der Waals surface area contributed by atoms with Crippen LogP contribution in [-0.4, -0.2) is 148 Å². The molecule has 2 fully saturated rings. The van der Waals surface area contributed by atoms with Crippen molar-refractivity contribution in [2.45, 2.75) is 223 Å². The number of hydrogen-bond donors (Lipinski definition) is 10. The lowest BCUT2D eigenvalue weighted by molar-refractivity contribution is -0.157. The quantitative estimate of drug-likeness (QED) is 0.0290. The van der Waals surface area contributed by atoms with Crippen LogP contribution >= 0.6 is 11.8 Å². The molecule has 2 aliphatic rings. The molecule has 7 amide bonds. The lowest BCUT2D eigenvalue weighted by Gasteiger charge is -2.30. The number of aliphatic hydroxyl groups excluding tert-OH is 2. The molecule has 18 atom stereocenters. The highest BCUT2D eigenvalue weighted by atomic mass is 32.2. The molecule has 5 rings (SSSR count). The Balaban J connectivity index is 1.25. The molecule has 1 spiro atoms. The molecular weight excluding hydrogens is 1290 g/mol. The van der Waals surface area contributed by atoms with E-state index in [1.165, 1.54) is 20.8 Å². The van der Waals surface area contributed by atoms with Gasteiger partial charge in [0.1, 0.15) is 23.7 Å². The normalized spacial score (nSPS) is 22.5. The van der Waals surface area contributed by atoms with Crippen LogP contribution < -0.4 is 43.4 Å². The number of nitrogens with two attached hydrogens (primary N) is 2. The van der Waals surface area contributed by atoms with Crippen LogP contribution in [0.2, 0.25) is 0 Å². The molecule has 12 N–H and O–H groups in total. The summed E-state index contributed by atoms with van der Waals surface area (Å²) < 4.78 is 20.1. The van der Waals surface area contributed by atoms with Crippen LogP contribution in [0.1, 0.15) is 159 Å². The van der Waals surface area contributed by atoms with E-state index in [9.17, 15) is 72.1 Å². The molecule has 99 heavy (non-hydrogen) atoms. The number of Topliss-reactive ketones (excluding diaryl/α,β-unsaturated/α-hetero) is 4. The fourth-order valence-electron chi connectivity index (χ4n) is 12.3. The number of amides is 7. The second-order valence-electron chi connectivity index (χ2n) is 27.4. The number of cyclic esters (lactones) is 1. The second kappa shape index (κ2) is 38.7. The minimum Gasteiger partial charge on any atom is -0.458 e. The average molecular weight is 1400 g/mol. The van der Waals surface area contributed by atoms with Gasteiger partial charge in [0.05, 0.1) is 55.4 Å². The lowest BCUT2D eigenvalue weighted by atomic mass is 9.83. The van der Waals surface area contributed by atoms with Gasteiger partial charge in [-0.1, -0.05) is 154 Å². The van der Waals surface area contributed by atoms with Gasteiger partial charge in [0.2, 0.25) is 41.4 Å². The Labute approximate surface area is 585 Å². The summed E-state index contributed by atoms with van der Waals surface area (Å²) in [5, 5.41) is 37.4. The molecule has 0 aromatic heterocycles. The minimum atomic E-state index is -1.63. The number of carbonyl (C=O) groups excluding carboxylic acids is 12. The maximum atomic E-state index is 14.6. The molecule has 23 nitrogen and oxygen atoms in total. The first-order chi connectivity index (χ1) is 46.8. The van der Waals surface area contributed by atoms with E-state index < -0.39 is 223 Å². The first-order valence-corrected chi connectivity index (χ1v) is 35.6. The molecule has 1 aliphatic carbocycles. The molecule has 3 aromatic carbocycles. The molecule has 3 unspecified atom stereocenters. The van der Waals surface area contributed by atoms with Gasteiger partial charge in [0.15, 0.2) is 23.1 Å². The average Bonchev–Trinajstić information content (AvgIpc) is 1.58. The maximum Gasteiger partial charge on any atom is 0.329 e. The Kier molecular flexibility index (Phi) is 32.1. The van der Waals surface area contributed by atoms with E-state index in [1.54, 1.807) is 60.2 Å². The Hall–Kier alpha value is -7.74. The van der Waals surface area contributed by atoms with E-state index >= 15 is 0 Å². The Morgan fingerprint density at radius 1 is 0.677 bits per heavy atom. The van der Waals surface area contributed by atoms with Crippen molar-refractivity contribution >= 4 is 82.2 Å². The third kappa shape index (κ3) is 23.4. The molecule has 1 saturated heterocycles. The number of rotatable bonds is 37. The summed E-state index contributed by atoms with van der Waals surface area (Å²) in [5.74, 6) is -17.2. The summed E-state index contributed by atoms with van der Waals surface area (Å²) in [4.78, 5) is 170. The van der Waals surface area contributed by atoms with E-state index in [-0.39, 0.29) is 25.7 Å². The first-order valence-electron chi connectivity index (χ1n) is 34.8. The number of aliphatic hydroxyl groups is 2. The number of primary amides is 1. The van der Waals surface area contributed by atoms with Crippen molar-refractivity contribution in [1.29, 1.82) is 0 Å². The van der Waals surface area contributed by atoms with Crippen molar-refractivity contribution in [2.75, 3.05) is 13.2 Å². The van der Waals surface area contributed by atoms with Crippen LogP contribution in [0.4, 0.5) is 4.39 Å². The lowest BCUT2D eigenvalue weighted by Crippen LogP contribution is -2.57. The molecule has 1 aliphatic heterocycles. The van der Waals surface area contributed by atoms with Gasteiger partial charge in [-0.2, -0.15) is 0 Å². The number of benzene rings is 3. The number of ketones is 4. The molecule has 0 bridgehead atoms. The molecule has 3 aromatic rings. The van der Waals surface area contributed by atoms with Crippen molar-refractivity contribution in [2.24, 2.45) is 64.7 Å². The Morgan fingerprint density at radius 3 is 1.74 bits per heavy atom. The van der Waals surface area contributed by atoms with Gasteiger partial charge >= 0.3 is 5.97 Å². The molecule has 0 radical (unpaired) electrons. The number of halogens is 1. The zero-order valence-electron chi connectivity index (χ0n) is 59.1. The van der Waals surface area contributed by atoms with Crippen LogP contribution in [0.3, 0.4) is 0 Å². The van der Waals surface area contributed by atoms with Crippen molar-refractivity contribution in [3.8, 4) is 11.1 Å². The zero-order valence-corrected chi connectivity index (χ0v) is 59.9. The van der Waals surface area contributed by atoms with Crippen LogP contribution in [0.5, 0.6) is 0 Å². The zero-order chi connectivity index (χ0) is 73.6. The minimum absolute atomic E-state index is 0.0518. The topological polar surface area (TPSA) is 379 Å². The highest BCUT2D eigenvalue weighted by Crippen LogP contribution is 2.48. The van der Waals surface area contributed by atoms with Crippen molar-refractivity contribution in [3.05, 3.63) is 84.4 Å². The highest BCUT2D eigenvalue weighted by Gasteiger charge is 2.62. The molecule has 544 valence electrons. The smallest absolute Gasteiger partial charge is 0.329 e. The molecular formula is C74H105FN8O15S. The van der Waals surface area contributed by atoms with Crippen LogP contribution in [0, 0.1) is 53.3 Å². The van der Waals surface area contributed by atoms with Gasteiger partial charge in [-0.3, -0.25) is 52.7 Å². The van der Waals surface area contributed by atoms with Gasteiger partial charge in [0, 0.05) is 53.7 Å². The van der Waals surface area contributed by atoms with Crippen LogP contribution in [0.15, 0.2) is 88.7 Å². The maximum absolute atomic E-state index is 14.6. The summed E-state index contributed by atoms with van der Waals surface area (Å²) in [7, 11) is 0. The number of carbonyl (C=O) groups is 12. The number of nitrogens with one attached hydrogen (secondary N) is 6. The van der Waals surface area contributed by atoms with E-state index in [0.717, 1.165) is 26.5 Å². The largest absolute Gasteiger partial charge is 0.458 e. The molecule has 1 saturated carbocycles. The van der Waals surface area contributed by atoms with Gasteiger partial charge in [-0.15, -0.1) is 0 Å². The number of ether oxygens (including phenoxy) is 1. The summed E-state index contributed by atoms with van der Waals surface area (Å²) in [6.07, 6.45) is -4.11. The summed E-state index contributed by atoms with van der Waals surface area (Å²) >= 11 is 1.66. The third-order valence-electron chi connectivity index (χ3n) is 19.8. The predicted octanol–water partition coefficient (Wildman–Crippen LogP) is 6.12. The van der Waals surface area contributed by atoms with E-state index in [2.05, 4.69) is 44.0 Å². The second-order valence-corrected chi connectivity index (χ2v) is 28.6. The van der Waals surface area contributed by atoms with Crippen molar-refractivity contribution in [3.63, 3.8) is 0 Å². The summed E-state index contributed by atoms with van der Waals surface area (Å²) in [6, 6.07) is 18.0. The summed E-state index contributed by atoms with van der Waals surface area (Å²) in [5.41, 5.74) is 13.2. The number of esters is 1. The molecule has 25 heteroatoms. The predicted molar refractivity (Wildman–Crippen MR) is 372 cm³/mol. The van der Waals surface area contributed by atoms with Gasteiger partial charge in [-0.25, -0.2) is 9.18 Å². The van der Waals surface area contributed by atoms with Crippen molar-refractivity contribution < 1.29 is 76.9 Å². The first kappa shape index (κ1) is 81.9. The standard InChI is InChI=1S/C74H105FN8O15S/c1-12-40(5)55(70(94)79-63(41(6)13-2)60(88)35-51(39-85)69(93)81-66-46(11)98-72(96)65(43(8)15-4)82-73(97)74(37-52(74)32-45(10)75)83-67(91)44(9)31-59(66)87)36-58(86)57(29-30-62(77)90)78-68(92)50(38-84)34-61(89)64(42(7)14-3)80-71(95)56(76)33-47-21-23-48(24-22-47)49-25-27-54(28-26-49)99-53-19-17-16-18-20-53/h16-28,40-46,50-52,55-57,63-66,84-85H,12-15,29-39,76H2,1-11H3,(H2,77,90)(H,78,92)(H,79,94)(H,80,95)(H,81,93)(H,82,97)(H,83,91)/t40-,41-,42-,43-,44+,45?,46-,50-,51-,52?,55+,56+,57+,63-,64-,65-,66+,74?/m0/s1. The fraction of sp³-hybridized carbons (Fsp3) is 0.595. The van der Waals surface area contributed by atoms with E-state index in [1.807, 2.05) is 73.7 Å². The Bertz CT molecular complexity index is 3290.